The fraction of sp³-hybridized carbons (Fsp3) is 0.636. The van der Waals surface area contributed by atoms with Gasteiger partial charge in [-0.05, 0) is 6.92 Å². The summed E-state index contributed by atoms with van der Waals surface area (Å²) in [5.41, 5.74) is 6.50. The molecule has 1 heterocycles. The van der Waals surface area contributed by atoms with Crippen LogP contribution >= 0.6 is 0 Å². The third kappa shape index (κ3) is 3.92. The van der Waals surface area contributed by atoms with E-state index in [1.807, 2.05) is 18.9 Å². The molecule has 6 nitrogen and oxygen atoms in total. The number of aliphatic hydroxyl groups is 1. The largest absolute Gasteiger partial charge is 0.389 e. The van der Waals surface area contributed by atoms with Crippen molar-refractivity contribution in [1.29, 1.82) is 0 Å². The predicted octanol–water partition coefficient (Wildman–Crippen LogP) is -0.313. The van der Waals surface area contributed by atoms with Crippen molar-refractivity contribution in [3.8, 4) is 0 Å². The van der Waals surface area contributed by atoms with Gasteiger partial charge >= 0.3 is 0 Å². The van der Waals surface area contributed by atoms with E-state index in [1.54, 1.807) is 13.3 Å². The van der Waals surface area contributed by atoms with E-state index < -0.39 is 6.10 Å². The Morgan fingerprint density at radius 2 is 2.29 bits per heavy atom. The summed E-state index contributed by atoms with van der Waals surface area (Å²) in [5.74, 6) is 1.44. The van der Waals surface area contributed by atoms with Crippen LogP contribution in [0.15, 0.2) is 6.20 Å². The number of ether oxygens (including phenoxy) is 1. The Labute approximate surface area is 101 Å². The van der Waals surface area contributed by atoms with Gasteiger partial charge < -0.3 is 20.5 Å². The summed E-state index contributed by atoms with van der Waals surface area (Å²) in [6, 6.07) is 0. The summed E-state index contributed by atoms with van der Waals surface area (Å²) in [4.78, 5) is 10.3. The van der Waals surface area contributed by atoms with Crippen molar-refractivity contribution in [3.63, 3.8) is 0 Å². The number of nitrogens with zero attached hydrogens (tertiary/aromatic N) is 3. The number of rotatable bonds is 6. The number of aryl methyl sites for hydroxylation is 1. The highest BCUT2D eigenvalue weighted by Gasteiger charge is 2.13. The Balaban J connectivity index is 2.79. The van der Waals surface area contributed by atoms with E-state index >= 15 is 0 Å². The van der Waals surface area contributed by atoms with Crippen LogP contribution in [0.5, 0.6) is 0 Å². The molecule has 1 unspecified atom stereocenters. The molecule has 0 aliphatic rings. The second-order valence-electron chi connectivity index (χ2n) is 3.96. The first-order valence-electron chi connectivity index (χ1n) is 5.49. The number of nitrogens with two attached hydrogens (primary N) is 1. The Bertz CT molecular complexity index is 359. The van der Waals surface area contributed by atoms with Gasteiger partial charge in [-0.1, -0.05) is 0 Å². The Morgan fingerprint density at radius 3 is 2.88 bits per heavy atom. The Morgan fingerprint density at radius 1 is 1.59 bits per heavy atom. The molecule has 6 heteroatoms. The zero-order valence-corrected chi connectivity index (χ0v) is 10.6. The van der Waals surface area contributed by atoms with Crippen LogP contribution in [0.2, 0.25) is 0 Å². The minimum Gasteiger partial charge on any atom is -0.389 e. The fourth-order valence-corrected chi connectivity index (χ4v) is 1.61. The lowest BCUT2D eigenvalue weighted by atomic mass is 10.2. The predicted molar refractivity (Wildman–Crippen MR) is 65.8 cm³/mol. The molecule has 3 N–H and O–H groups in total. The highest BCUT2D eigenvalue weighted by Crippen LogP contribution is 2.15. The molecule has 96 valence electrons. The fourth-order valence-electron chi connectivity index (χ4n) is 1.61. The van der Waals surface area contributed by atoms with E-state index in [1.165, 1.54) is 0 Å². The normalized spacial score (nSPS) is 12.5. The van der Waals surface area contributed by atoms with Crippen LogP contribution in [0.3, 0.4) is 0 Å². The van der Waals surface area contributed by atoms with Gasteiger partial charge in [0.2, 0.25) is 0 Å². The molecule has 1 aromatic rings. The molecular formula is C11H20N4O2. The molecule has 0 amide bonds. The number of aromatic nitrogens is 2. The number of hydrogen-bond donors (Lipinski definition) is 2. The first kappa shape index (κ1) is 13.8. The molecule has 0 aliphatic carbocycles. The number of methoxy groups -OCH3 is 1. The lowest BCUT2D eigenvalue weighted by Crippen LogP contribution is -2.33. The topological polar surface area (TPSA) is 84.5 Å². The van der Waals surface area contributed by atoms with Gasteiger partial charge in [-0.3, -0.25) is 0 Å². The number of aliphatic hydroxyl groups excluding tert-OH is 1. The van der Waals surface area contributed by atoms with Gasteiger partial charge in [-0.15, -0.1) is 0 Å². The third-order valence-electron chi connectivity index (χ3n) is 2.39. The molecule has 0 spiro atoms. The summed E-state index contributed by atoms with van der Waals surface area (Å²) in [5, 5.41) is 9.67. The SMILES string of the molecule is COCC(O)CN(C)c1nc(C)ncc1CN. The lowest BCUT2D eigenvalue weighted by Gasteiger charge is -2.23. The van der Waals surface area contributed by atoms with Crippen molar-refractivity contribution >= 4 is 5.82 Å². The molecular weight excluding hydrogens is 220 g/mol. The average Bonchev–Trinajstić information content (AvgIpc) is 2.29. The van der Waals surface area contributed by atoms with Crippen LogP contribution in [0.25, 0.3) is 0 Å². The van der Waals surface area contributed by atoms with Gasteiger partial charge in [0.1, 0.15) is 11.6 Å². The smallest absolute Gasteiger partial charge is 0.136 e. The van der Waals surface area contributed by atoms with E-state index in [9.17, 15) is 5.11 Å². The first-order chi connectivity index (χ1) is 8.08. The average molecular weight is 240 g/mol. The quantitative estimate of drug-likeness (QED) is 0.709. The van der Waals surface area contributed by atoms with Crippen LogP contribution in [0.4, 0.5) is 5.82 Å². The Hall–Kier alpha value is -1.24. The summed E-state index contributed by atoms with van der Waals surface area (Å²) in [7, 11) is 3.42. The van der Waals surface area contributed by atoms with Crippen molar-refractivity contribution in [2.75, 3.05) is 32.2 Å². The van der Waals surface area contributed by atoms with Gasteiger partial charge in [0.15, 0.2) is 0 Å². The van der Waals surface area contributed by atoms with Gasteiger partial charge in [-0.25, -0.2) is 9.97 Å². The van der Waals surface area contributed by atoms with Crippen LogP contribution in [0, 0.1) is 6.92 Å². The zero-order valence-electron chi connectivity index (χ0n) is 10.6. The molecule has 0 saturated heterocycles. The van der Waals surface area contributed by atoms with E-state index in [0.717, 1.165) is 11.4 Å². The zero-order chi connectivity index (χ0) is 12.8. The van der Waals surface area contributed by atoms with Crippen LogP contribution in [0.1, 0.15) is 11.4 Å². The van der Waals surface area contributed by atoms with Gasteiger partial charge in [-0.2, -0.15) is 0 Å². The van der Waals surface area contributed by atoms with Crippen LogP contribution in [-0.4, -0.2) is 48.5 Å². The first-order valence-corrected chi connectivity index (χ1v) is 5.49. The molecule has 0 aromatic carbocycles. The van der Waals surface area contributed by atoms with Gasteiger partial charge in [0.05, 0.1) is 12.7 Å². The highest BCUT2D eigenvalue weighted by atomic mass is 16.5. The van der Waals surface area contributed by atoms with Crippen molar-refractivity contribution < 1.29 is 9.84 Å². The molecule has 1 aromatic heterocycles. The number of likely N-dealkylation sites (N-methyl/N-ethyl adjacent to an activating group) is 1. The van der Waals surface area contributed by atoms with Crippen molar-refractivity contribution in [2.45, 2.75) is 19.6 Å². The lowest BCUT2D eigenvalue weighted by molar-refractivity contribution is 0.0694. The monoisotopic (exact) mass is 240 g/mol. The van der Waals surface area contributed by atoms with Crippen LogP contribution < -0.4 is 10.6 Å². The van der Waals surface area contributed by atoms with E-state index in [-0.39, 0.29) is 0 Å². The van der Waals surface area contributed by atoms with E-state index in [0.29, 0.717) is 25.5 Å². The maximum atomic E-state index is 9.67. The second-order valence-corrected chi connectivity index (χ2v) is 3.96. The molecule has 0 radical (unpaired) electrons. The molecule has 17 heavy (non-hydrogen) atoms. The summed E-state index contributed by atoms with van der Waals surface area (Å²) < 4.78 is 4.89. The van der Waals surface area contributed by atoms with Crippen molar-refractivity contribution in [2.24, 2.45) is 5.73 Å². The van der Waals surface area contributed by atoms with E-state index in [4.69, 9.17) is 10.5 Å². The minimum atomic E-state index is -0.550. The molecule has 0 saturated carbocycles. The molecule has 0 aliphatic heterocycles. The number of anilines is 1. The summed E-state index contributed by atoms with van der Waals surface area (Å²) in [6.07, 6.45) is 1.17. The van der Waals surface area contributed by atoms with Crippen LogP contribution in [-0.2, 0) is 11.3 Å². The second kappa shape index (κ2) is 6.48. The summed E-state index contributed by atoms with van der Waals surface area (Å²) in [6.45, 7) is 2.94. The van der Waals surface area contributed by atoms with Gasteiger partial charge in [0, 0.05) is 39.0 Å². The molecule has 1 rings (SSSR count). The number of hydrogen-bond acceptors (Lipinski definition) is 6. The highest BCUT2D eigenvalue weighted by molar-refractivity contribution is 5.45. The summed E-state index contributed by atoms with van der Waals surface area (Å²) >= 11 is 0. The molecule has 0 bridgehead atoms. The maximum absolute atomic E-state index is 9.67. The maximum Gasteiger partial charge on any atom is 0.136 e. The third-order valence-corrected chi connectivity index (χ3v) is 2.39. The van der Waals surface area contributed by atoms with E-state index in [2.05, 4.69) is 9.97 Å². The molecule has 1 atom stereocenters. The Kier molecular flexibility index (Phi) is 5.27. The standard InChI is InChI=1S/C11H20N4O2/c1-8-13-5-9(4-12)11(14-8)15(2)6-10(16)7-17-3/h5,10,16H,4,6-7,12H2,1-3H3. The van der Waals surface area contributed by atoms with Gasteiger partial charge in [0.25, 0.3) is 0 Å². The van der Waals surface area contributed by atoms with Crippen molar-refractivity contribution in [1.82, 2.24) is 9.97 Å². The van der Waals surface area contributed by atoms with Crippen molar-refractivity contribution in [3.05, 3.63) is 17.6 Å². The molecule has 0 fully saturated rings. The minimum absolute atomic E-state index is 0.298.